The molecule has 0 radical (unpaired) electrons. The van der Waals surface area contributed by atoms with Gasteiger partial charge in [0.1, 0.15) is 5.82 Å². The van der Waals surface area contributed by atoms with Crippen LogP contribution in [0, 0.1) is 17.5 Å². The van der Waals surface area contributed by atoms with Crippen molar-refractivity contribution >= 4 is 11.3 Å². The molecule has 7 heteroatoms. The molecular weight excluding hydrogens is 257 g/mol. The Bertz CT molecular complexity index is 782. The van der Waals surface area contributed by atoms with Gasteiger partial charge >= 0.3 is 0 Å². The van der Waals surface area contributed by atoms with Gasteiger partial charge in [0.25, 0.3) is 0 Å². The summed E-state index contributed by atoms with van der Waals surface area (Å²) in [5.41, 5.74) is 6.24. The fourth-order valence-electron chi connectivity index (χ4n) is 1.82. The van der Waals surface area contributed by atoms with Crippen molar-refractivity contribution in [1.29, 1.82) is 0 Å². The highest BCUT2D eigenvalue weighted by Crippen LogP contribution is 2.23. The van der Waals surface area contributed by atoms with E-state index in [1.165, 1.54) is 10.5 Å². The first-order chi connectivity index (χ1) is 9.06. The highest BCUT2D eigenvalue weighted by Gasteiger charge is 2.13. The third-order valence-corrected chi connectivity index (χ3v) is 2.68. The van der Waals surface area contributed by atoms with Crippen LogP contribution in [0.4, 0.5) is 18.9 Å². The molecule has 2 heterocycles. The number of benzene rings is 1. The Labute approximate surface area is 105 Å². The summed E-state index contributed by atoms with van der Waals surface area (Å²) in [6.45, 7) is 0. The van der Waals surface area contributed by atoms with Crippen molar-refractivity contribution < 1.29 is 13.2 Å². The van der Waals surface area contributed by atoms with E-state index in [2.05, 4.69) is 10.2 Å². The lowest BCUT2D eigenvalue weighted by Crippen LogP contribution is -1.96. The second-order valence-electron chi connectivity index (χ2n) is 3.96. The Balaban J connectivity index is 2.28. The largest absolute Gasteiger partial charge is 0.396 e. The average Bonchev–Trinajstić information content (AvgIpc) is 2.76. The molecule has 3 aromatic rings. The Morgan fingerprint density at radius 1 is 1.00 bits per heavy atom. The van der Waals surface area contributed by atoms with Gasteiger partial charge in [-0.15, -0.1) is 10.2 Å². The molecule has 96 valence electrons. The Morgan fingerprint density at radius 2 is 1.79 bits per heavy atom. The molecule has 3 rings (SSSR count). The third kappa shape index (κ3) is 1.79. The van der Waals surface area contributed by atoms with E-state index in [0.717, 1.165) is 24.4 Å². The van der Waals surface area contributed by atoms with Gasteiger partial charge in [-0.2, -0.15) is 0 Å². The Hall–Kier alpha value is -2.57. The fraction of sp³-hybridized carbons (Fsp3) is 0. The second-order valence-corrected chi connectivity index (χ2v) is 3.96. The molecule has 1 aromatic carbocycles. The monoisotopic (exact) mass is 264 g/mol. The van der Waals surface area contributed by atoms with Crippen molar-refractivity contribution in [3.8, 4) is 11.4 Å². The number of aromatic nitrogens is 3. The van der Waals surface area contributed by atoms with Gasteiger partial charge in [0, 0.05) is 17.8 Å². The molecule has 19 heavy (non-hydrogen) atoms. The van der Waals surface area contributed by atoms with Crippen molar-refractivity contribution in [1.82, 2.24) is 14.6 Å². The highest BCUT2D eigenvalue weighted by atomic mass is 19.2. The first-order valence-corrected chi connectivity index (χ1v) is 5.31. The number of pyridine rings is 1. The van der Waals surface area contributed by atoms with E-state index in [9.17, 15) is 13.2 Å². The molecule has 0 saturated carbocycles. The molecule has 2 aromatic heterocycles. The molecule has 0 aliphatic carbocycles. The summed E-state index contributed by atoms with van der Waals surface area (Å²) in [5, 5.41) is 7.61. The molecule has 0 atom stereocenters. The summed E-state index contributed by atoms with van der Waals surface area (Å²) in [4.78, 5) is 0. The summed E-state index contributed by atoms with van der Waals surface area (Å²) in [5.74, 6) is -2.38. The van der Waals surface area contributed by atoms with E-state index in [-0.39, 0.29) is 22.7 Å². The molecule has 2 N–H and O–H groups in total. The zero-order valence-corrected chi connectivity index (χ0v) is 9.44. The molecular formula is C12H7F3N4. The predicted molar refractivity (Wildman–Crippen MR) is 62.7 cm³/mol. The van der Waals surface area contributed by atoms with Gasteiger partial charge in [0.15, 0.2) is 23.1 Å². The predicted octanol–water partition coefficient (Wildman–Crippen LogP) is 2.40. The minimum absolute atomic E-state index is 0.112. The van der Waals surface area contributed by atoms with E-state index in [0.29, 0.717) is 0 Å². The minimum atomic E-state index is -1.02. The molecule has 0 fully saturated rings. The van der Waals surface area contributed by atoms with Crippen LogP contribution in [0.15, 0.2) is 30.5 Å². The van der Waals surface area contributed by atoms with Crippen molar-refractivity contribution in [2.75, 3.05) is 5.73 Å². The Morgan fingerprint density at radius 3 is 2.53 bits per heavy atom. The van der Waals surface area contributed by atoms with Crippen LogP contribution in [0.1, 0.15) is 0 Å². The maximum Gasteiger partial charge on any atom is 0.184 e. The quantitative estimate of drug-likeness (QED) is 0.734. The molecule has 0 bridgehead atoms. The summed E-state index contributed by atoms with van der Waals surface area (Å²) in [7, 11) is 0. The van der Waals surface area contributed by atoms with E-state index < -0.39 is 17.5 Å². The summed E-state index contributed by atoms with van der Waals surface area (Å²) in [6.07, 6.45) is 1.13. The van der Waals surface area contributed by atoms with Crippen molar-refractivity contribution in [2.45, 2.75) is 0 Å². The number of hydrogen-bond donors (Lipinski definition) is 1. The number of rotatable bonds is 1. The number of nitrogens with two attached hydrogens (primary N) is 1. The number of fused-ring (bicyclic) bond motifs is 1. The normalized spacial score (nSPS) is 11.1. The minimum Gasteiger partial charge on any atom is -0.396 e. The number of halogens is 3. The van der Waals surface area contributed by atoms with Crippen LogP contribution in [-0.4, -0.2) is 14.6 Å². The van der Waals surface area contributed by atoms with Crippen LogP contribution >= 0.6 is 0 Å². The molecule has 0 amide bonds. The molecule has 0 unspecified atom stereocenters. The zero-order valence-electron chi connectivity index (χ0n) is 9.44. The van der Waals surface area contributed by atoms with Crippen LogP contribution in [0.2, 0.25) is 0 Å². The number of nitrogen functional groups attached to an aromatic ring is 1. The van der Waals surface area contributed by atoms with Gasteiger partial charge in [0.05, 0.1) is 5.69 Å². The van der Waals surface area contributed by atoms with Gasteiger partial charge in [-0.1, -0.05) is 0 Å². The van der Waals surface area contributed by atoms with Gasteiger partial charge in [-0.05, 0) is 18.2 Å². The van der Waals surface area contributed by atoms with Crippen molar-refractivity contribution in [2.24, 2.45) is 0 Å². The van der Waals surface area contributed by atoms with E-state index in [1.807, 2.05) is 0 Å². The van der Waals surface area contributed by atoms with E-state index in [4.69, 9.17) is 5.73 Å². The topological polar surface area (TPSA) is 56.2 Å². The lowest BCUT2D eigenvalue weighted by Gasteiger charge is -2.02. The number of anilines is 1. The standard InChI is InChI=1S/C12H7F3N4/c13-7-4-10(16)12-18-17-11(19(12)5-7)6-1-2-8(14)9(15)3-6/h1-5H,16H2. The summed E-state index contributed by atoms with van der Waals surface area (Å²) in [6, 6.07) is 4.37. The second kappa shape index (κ2) is 3.98. The SMILES string of the molecule is Nc1cc(F)cn2c(-c3ccc(F)c(F)c3)nnc12. The van der Waals surface area contributed by atoms with E-state index >= 15 is 0 Å². The molecule has 0 spiro atoms. The molecule has 4 nitrogen and oxygen atoms in total. The maximum atomic E-state index is 13.3. The lowest BCUT2D eigenvalue weighted by atomic mass is 10.2. The van der Waals surface area contributed by atoms with Crippen LogP contribution in [-0.2, 0) is 0 Å². The first kappa shape index (κ1) is 11.5. The zero-order chi connectivity index (χ0) is 13.6. The summed E-state index contributed by atoms with van der Waals surface area (Å²) >= 11 is 0. The van der Waals surface area contributed by atoms with Crippen molar-refractivity contribution in [3.63, 3.8) is 0 Å². The van der Waals surface area contributed by atoms with Crippen LogP contribution in [0.3, 0.4) is 0 Å². The van der Waals surface area contributed by atoms with Gasteiger partial charge in [-0.25, -0.2) is 13.2 Å². The van der Waals surface area contributed by atoms with Crippen LogP contribution < -0.4 is 5.73 Å². The van der Waals surface area contributed by atoms with Gasteiger partial charge < -0.3 is 5.73 Å². The van der Waals surface area contributed by atoms with Crippen LogP contribution in [0.25, 0.3) is 17.0 Å². The first-order valence-electron chi connectivity index (χ1n) is 5.31. The molecule has 0 saturated heterocycles. The highest BCUT2D eigenvalue weighted by molar-refractivity contribution is 5.69. The fourth-order valence-corrected chi connectivity index (χ4v) is 1.82. The third-order valence-electron chi connectivity index (χ3n) is 2.68. The average molecular weight is 264 g/mol. The number of hydrogen-bond acceptors (Lipinski definition) is 3. The smallest absolute Gasteiger partial charge is 0.184 e. The molecule has 0 aliphatic heterocycles. The van der Waals surface area contributed by atoms with E-state index in [1.54, 1.807) is 0 Å². The Kier molecular flexibility index (Phi) is 2.41. The lowest BCUT2D eigenvalue weighted by molar-refractivity contribution is 0.509. The molecule has 0 aliphatic rings. The van der Waals surface area contributed by atoms with Crippen LogP contribution in [0.5, 0.6) is 0 Å². The van der Waals surface area contributed by atoms with Gasteiger partial charge in [0.2, 0.25) is 0 Å². The number of nitrogens with zero attached hydrogens (tertiary/aromatic N) is 3. The maximum absolute atomic E-state index is 13.3. The van der Waals surface area contributed by atoms with Crippen molar-refractivity contribution in [3.05, 3.63) is 47.9 Å². The summed E-state index contributed by atoms with van der Waals surface area (Å²) < 4.78 is 40.7. The van der Waals surface area contributed by atoms with Gasteiger partial charge in [-0.3, -0.25) is 4.40 Å².